The number of halogens is 1. The molecular formula is C16H21FN2O2. The van der Waals surface area contributed by atoms with Crippen LogP contribution in [0.4, 0.5) is 4.39 Å². The minimum atomic E-state index is -0.874. The number of hydrogen-bond acceptors (Lipinski definition) is 3. The smallest absolute Gasteiger partial charge is 0.319 e. The maximum absolute atomic E-state index is 13.5. The van der Waals surface area contributed by atoms with Crippen molar-refractivity contribution in [1.82, 2.24) is 9.55 Å². The Morgan fingerprint density at radius 3 is 2.71 bits per heavy atom. The molecule has 2 rings (SSSR count). The highest BCUT2D eigenvalue weighted by Gasteiger charge is 2.36. The Labute approximate surface area is 123 Å². The fourth-order valence-corrected chi connectivity index (χ4v) is 2.43. The van der Waals surface area contributed by atoms with Crippen LogP contribution in [0.3, 0.4) is 0 Å². The molecule has 0 saturated carbocycles. The fraction of sp³-hybridized carbons (Fsp3) is 0.500. The van der Waals surface area contributed by atoms with Gasteiger partial charge in [0.1, 0.15) is 17.1 Å². The van der Waals surface area contributed by atoms with Gasteiger partial charge in [-0.2, -0.15) is 0 Å². The summed E-state index contributed by atoms with van der Waals surface area (Å²) in [6.45, 7) is 8.39. The number of hydrogen-bond donors (Lipinski definition) is 0. The molecular weight excluding hydrogens is 271 g/mol. The summed E-state index contributed by atoms with van der Waals surface area (Å²) in [5.41, 5.74) is 0.530. The zero-order chi connectivity index (χ0) is 15.6. The summed E-state index contributed by atoms with van der Waals surface area (Å²) in [5.74, 6) is -0.0122. The largest absolute Gasteiger partial charge is 0.465 e. The van der Waals surface area contributed by atoms with Gasteiger partial charge in [0.05, 0.1) is 17.6 Å². The van der Waals surface area contributed by atoms with E-state index in [1.54, 1.807) is 26.8 Å². The summed E-state index contributed by atoms with van der Waals surface area (Å²) in [6.07, 6.45) is 0.869. The molecule has 0 spiro atoms. The molecule has 0 amide bonds. The number of carbonyl (C=O) groups is 1. The first-order chi connectivity index (χ1) is 9.91. The predicted molar refractivity (Wildman–Crippen MR) is 79.6 cm³/mol. The van der Waals surface area contributed by atoms with Gasteiger partial charge in [-0.1, -0.05) is 6.92 Å². The first-order valence-corrected chi connectivity index (χ1v) is 7.25. The van der Waals surface area contributed by atoms with E-state index >= 15 is 0 Å². The van der Waals surface area contributed by atoms with E-state index in [1.165, 1.54) is 12.1 Å². The number of esters is 1. The van der Waals surface area contributed by atoms with Crippen LogP contribution < -0.4 is 0 Å². The second-order valence-electron chi connectivity index (χ2n) is 5.57. The van der Waals surface area contributed by atoms with Gasteiger partial charge in [0, 0.05) is 6.54 Å². The van der Waals surface area contributed by atoms with Gasteiger partial charge in [0.25, 0.3) is 0 Å². The second kappa shape index (κ2) is 5.84. The minimum absolute atomic E-state index is 0.305. The van der Waals surface area contributed by atoms with Crippen LogP contribution in [0.1, 0.15) is 39.9 Å². The van der Waals surface area contributed by atoms with Gasteiger partial charge in [-0.05, 0) is 45.4 Å². The van der Waals surface area contributed by atoms with Crippen LogP contribution in [0.5, 0.6) is 0 Å². The number of rotatable bonds is 5. The van der Waals surface area contributed by atoms with Crippen LogP contribution >= 0.6 is 0 Å². The van der Waals surface area contributed by atoms with Crippen molar-refractivity contribution in [2.45, 2.75) is 46.1 Å². The molecule has 21 heavy (non-hydrogen) atoms. The summed E-state index contributed by atoms with van der Waals surface area (Å²) in [4.78, 5) is 16.8. The van der Waals surface area contributed by atoms with Crippen molar-refractivity contribution in [2.24, 2.45) is 0 Å². The fourth-order valence-electron chi connectivity index (χ4n) is 2.43. The minimum Gasteiger partial charge on any atom is -0.465 e. The molecule has 0 saturated heterocycles. The molecule has 1 aromatic heterocycles. The zero-order valence-corrected chi connectivity index (χ0v) is 12.9. The molecule has 0 N–H and O–H groups in total. The molecule has 0 unspecified atom stereocenters. The SMILES string of the molecule is CCCn1c(C(C)(C)C(=O)OCC)nc2ccc(F)cc21. The molecule has 1 heterocycles. The molecule has 114 valence electrons. The van der Waals surface area contributed by atoms with Crippen LogP contribution in [0, 0.1) is 5.82 Å². The molecule has 0 aliphatic rings. The third-order valence-corrected chi connectivity index (χ3v) is 3.50. The van der Waals surface area contributed by atoms with Gasteiger partial charge in [-0.25, -0.2) is 9.37 Å². The Morgan fingerprint density at radius 1 is 1.38 bits per heavy atom. The molecule has 0 aliphatic heterocycles. The average molecular weight is 292 g/mol. The van der Waals surface area contributed by atoms with Crippen LogP contribution in [0.2, 0.25) is 0 Å². The maximum atomic E-state index is 13.5. The highest BCUT2D eigenvalue weighted by Crippen LogP contribution is 2.29. The highest BCUT2D eigenvalue weighted by molar-refractivity contribution is 5.84. The van der Waals surface area contributed by atoms with E-state index in [0.29, 0.717) is 30.0 Å². The van der Waals surface area contributed by atoms with Crippen molar-refractivity contribution in [3.8, 4) is 0 Å². The van der Waals surface area contributed by atoms with Crippen molar-refractivity contribution in [3.05, 3.63) is 29.8 Å². The summed E-state index contributed by atoms with van der Waals surface area (Å²) >= 11 is 0. The standard InChI is InChI=1S/C16H21FN2O2/c1-5-9-19-13-10-11(17)7-8-12(13)18-14(19)16(3,4)15(20)21-6-2/h7-8,10H,5-6,9H2,1-4H3. The molecule has 5 heteroatoms. The van der Waals surface area contributed by atoms with Crippen LogP contribution in [-0.2, 0) is 21.5 Å². The highest BCUT2D eigenvalue weighted by atomic mass is 19.1. The first-order valence-electron chi connectivity index (χ1n) is 7.25. The molecule has 1 aromatic carbocycles. The molecule has 0 bridgehead atoms. The Balaban J connectivity index is 2.62. The van der Waals surface area contributed by atoms with Crippen LogP contribution in [0.25, 0.3) is 11.0 Å². The molecule has 0 atom stereocenters. The lowest BCUT2D eigenvalue weighted by molar-refractivity contribution is -0.149. The van der Waals surface area contributed by atoms with Crippen molar-refractivity contribution in [1.29, 1.82) is 0 Å². The summed E-state index contributed by atoms with van der Waals surface area (Å²) in [5, 5.41) is 0. The molecule has 2 aromatic rings. The van der Waals surface area contributed by atoms with Gasteiger partial charge >= 0.3 is 5.97 Å². The number of carbonyl (C=O) groups excluding carboxylic acids is 1. The van der Waals surface area contributed by atoms with Crippen LogP contribution in [-0.4, -0.2) is 22.1 Å². The number of ether oxygens (including phenoxy) is 1. The summed E-state index contributed by atoms with van der Waals surface area (Å²) in [7, 11) is 0. The van der Waals surface area contributed by atoms with E-state index in [0.717, 1.165) is 6.42 Å². The van der Waals surface area contributed by atoms with Gasteiger partial charge in [-0.15, -0.1) is 0 Å². The normalized spacial score (nSPS) is 11.9. The predicted octanol–water partition coefficient (Wildman–Crippen LogP) is 3.43. The summed E-state index contributed by atoms with van der Waals surface area (Å²) in [6, 6.07) is 4.48. The third kappa shape index (κ3) is 2.77. The van der Waals surface area contributed by atoms with Gasteiger partial charge in [0.2, 0.25) is 0 Å². The summed E-state index contributed by atoms with van der Waals surface area (Å²) < 4.78 is 20.6. The number of aryl methyl sites for hydroxylation is 1. The molecule has 0 fully saturated rings. The van der Waals surface area contributed by atoms with Crippen LogP contribution in [0.15, 0.2) is 18.2 Å². The maximum Gasteiger partial charge on any atom is 0.319 e. The first kappa shape index (κ1) is 15.5. The lowest BCUT2D eigenvalue weighted by Gasteiger charge is -2.23. The Hall–Kier alpha value is -1.91. The number of aromatic nitrogens is 2. The zero-order valence-electron chi connectivity index (χ0n) is 12.9. The van der Waals surface area contributed by atoms with E-state index in [2.05, 4.69) is 4.98 Å². The number of nitrogens with zero attached hydrogens (tertiary/aromatic N) is 2. The van der Waals surface area contributed by atoms with Gasteiger partial charge in [-0.3, -0.25) is 4.79 Å². The van der Waals surface area contributed by atoms with Crippen molar-refractivity contribution in [2.75, 3.05) is 6.61 Å². The molecule has 0 aliphatic carbocycles. The molecule has 0 radical (unpaired) electrons. The number of fused-ring (bicyclic) bond motifs is 1. The Bertz CT molecular complexity index is 662. The van der Waals surface area contributed by atoms with Gasteiger partial charge in [0.15, 0.2) is 0 Å². The number of benzene rings is 1. The molecule has 4 nitrogen and oxygen atoms in total. The van der Waals surface area contributed by atoms with E-state index in [-0.39, 0.29) is 11.8 Å². The topological polar surface area (TPSA) is 44.1 Å². The average Bonchev–Trinajstić information content (AvgIpc) is 2.78. The van der Waals surface area contributed by atoms with Crippen molar-refractivity contribution >= 4 is 17.0 Å². The van der Waals surface area contributed by atoms with Crippen molar-refractivity contribution in [3.63, 3.8) is 0 Å². The van der Waals surface area contributed by atoms with Crippen molar-refractivity contribution < 1.29 is 13.9 Å². The number of imidazole rings is 1. The second-order valence-corrected chi connectivity index (χ2v) is 5.57. The third-order valence-electron chi connectivity index (χ3n) is 3.50. The van der Waals surface area contributed by atoms with E-state index in [9.17, 15) is 9.18 Å². The quantitative estimate of drug-likeness (QED) is 0.793. The lowest BCUT2D eigenvalue weighted by atomic mass is 9.92. The van der Waals surface area contributed by atoms with E-state index in [4.69, 9.17) is 4.74 Å². The Morgan fingerprint density at radius 2 is 2.10 bits per heavy atom. The Kier molecular flexibility index (Phi) is 4.30. The van der Waals surface area contributed by atoms with Gasteiger partial charge < -0.3 is 9.30 Å². The lowest BCUT2D eigenvalue weighted by Crippen LogP contribution is -2.34. The van der Waals surface area contributed by atoms with E-state index < -0.39 is 5.41 Å². The van der Waals surface area contributed by atoms with E-state index in [1.807, 2.05) is 11.5 Å². The monoisotopic (exact) mass is 292 g/mol.